The summed E-state index contributed by atoms with van der Waals surface area (Å²) in [5.41, 5.74) is 10.1. The molecule has 0 saturated carbocycles. The van der Waals surface area contributed by atoms with E-state index in [1.54, 1.807) is 6.07 Å². The second-order valence-corrected chi connectivity index (χ2v) is 5.47. The van der Waals surface area contributed by atoms with E-state index in [0.29, 0.717) is 12.1 Å². The lowest BCUT2D eigenvalue weighted by Crippen LogP contribution is -2.36. The first-order valence-corrected chi connectivity index (χ1v) is 7.45. The number of hydrogen-bond donors (Lipinski definition) is 3. The molecule has 2 rings (SSSR count). The van der Waals surface area contributed by atoms with Gasteiger partial charge in [0.25, 0.3) is 5.69 Å². The Hall–Kier alpha value is -3.14. The van der Waals surface area contributed by atoms with Crippen LogP contribution in [0.4, 0.5) is 24.5 Å². The predicted molar refractivity (Wildman–Crippen MR) is 87.5 cm³/mol. The zero-order chi connectivity index (χ0) is 19.3. The zero-order valence-corrected chi connectivity index (χ0v) is 13.3. The second kappa shape index (κ2) is 8.30. The lowest BCUT2D eigenvalue weighted by molar-refractivity contribution is -0.384. The molecule has 7 nitrogen and oxygen atoms in total. The average molecular weight is 368 g/mol. The summed E-state index contributed by atoms with van der Waals surface area (Å²) in [5, 5.41) is 10.9. The maximum absolute atomic E-state index is 13.6. The van der Waals surface area contributed by atoms with E-state index in [2.05, 4.69) is 10.9 Å². The number of amides is 1. The smallest absolute Gasteiger partial charge is 0.294 e. The van der Waals surface area contributed by atoms with E-state index in [4.69, 9.17) is 5.73 Å². The van der Waals surface area contributed by atoms with Crippen LogP contribution >= 0.6 is 0 Å². The first kappa shape index (κ1) is 19.2. The second-order valence-electron chi connectivity index (χ2n) is 5.47. The molecule has 4 N–H and O–H groups in total. The minimum atomic E-state index is -1.31. The topological polar surface area (TPSA) is 110 Å². The maximum atomic E-state index is 13.6. The molecule has 26 heavy (non-hydrogen) atoms. The number of para-hydroxylation sites is 2. The Bertz CT molecular complexity index is 832. The number of halogens is 3. The molecule has 0 aliphatic heterocycles. The Morgan fingerprint density at radius 2 is 1.81 bits per heavy atom. The molecule has 1 atom stereocenters. The SMILES string of the molecule is N[C@@H](CC(=O)NNc1ccccc1[N+](=O)[O-])Cc1cc(F)c(F)cc1F. The van der Waals surface area contributed by atoms with Crippen molar-refractivity contribution in [1.29, 1.82) is 0 Å². The molecule has 0 radical (unpaired) electrons. The number of hydrogen-bond acceptors (Lipinski definition) is 5. The molecule has 1 amide bonds. The van der Waals surface area contributed by atoms with E-state index in [1.165, 1.54) is 18.2 Å². The minimum absolute atomic E-state index is 0.0751. The molecular formula is C16H15F3N4O3. The number of hydrazine groups is 1. The van der Waals surface area contributed by atoms with E-state index in [0.717, 1.165) is 0 Å². The number of carbonyl (C=O) groups is 1. The molecule has 0 aliphatic carbocycles. The van der Waals surface area contributed by atoms with Crippen molar-refractivity contribution in [3.63, 3.8) is 0 Å². The van der Waals surface area contributed by atoms with Crippen LogP contribution in [0.1, 0.15) is 12.0 Å². The van der Waals surface area contributed by atoms with Crippen LogP contribution in [-0.2, 0) is 11.2 Å². The standard InChI is InChI=1S/C16H15F3N4O3/c17-11-8-13(19)12(18)6-9(11)5-10(20)7-16(24)22-21-14-3-1-2-4-15(14)23(25)26/h1-4,6,8,10,21H,5,7,20H2,(H,22,24)/t10-/m1/s1. The van der Waals surface area contributed by atoms with Crippen molar-refractivity contribution in [2.24, 2.45) is 5.73 Å². The van der Waals surface area contributed by atoms with Crippen molar-refractivity contribution in [2.75, 3.05) is 5.43 Å². The fourth-order valence-corrected chi connectivity index (χ4v) is 2.24. The van der Waals surface area contributed by atoms with Gasteiger partial charge in [0.2, 0.25) is 5.91 Å². The molecule has 2 aromatic rings. The van der Waals surface area contributed by atoms with E-state index >= 15 is 0 Å². The van der Waals surface area contributed by atoms with Crippen LogP contribution in [0.15, 0.2) is 36.4 Å². The Morgan fingerprint density at radius 1 is 1.15 bits per heavy atom. The van der Waals surface area contributed by atoms with Crippen molar-refractivity contribution in [1.82, 2.24) is 5.43 Å². The van der Waals surface area contributed by atoms with E-state index in [1.807, 2.05) is 0 Å². The normalized spacial score (nSPS) is 11.7. The van der Waals surface area contributed by atoms with Gasteiger partial charge >= 0.3 is 0 Å². The van der Waals surface area contributed by atoms with Gasteiger partial charge < -0.3 is 5.73 Å². The van der Waals surface area contributed by atoms with E-state index < -0.39 is 34.3 Å². The Kier molecular flexibility index (Phi) is 6.12. The Labute approximate surface area is 146 Å². The third-order valence-corrected chi connectivity index (χ3v) is 3.46. The molecule has 0 unspecified atom stereocenters. The number of nitrogens with one attached hydrogen (secondary N) is 2. The molecule has 0 saturated heterocycles. The Balaban J connectivity index is 1.92. The predicted octanol–water partition coefficient (Wildman–Crippen LogP) is 2.42. The molecule has 2 aromatic carbocycles. The summed E-state index contributed by atoms with van der Waals surface area (Å²) in [5.74, 6) is -4.10. The van der Waals surface area contributed by atoms with E-state index in [9.17, 15) is 28.1 Å². The number of carbonyl (C=O) groups excluding carboxylic acids is 1. The quantitative estimate of drug-likeness (QED) is 0.395. The number of nitro groups is 1. The summed E-state index contributed by atoms with van der Waals surface area (Å²) >= 11 is 0. The third-order valence-electron chi connectivity index (χ3n) is 3.46. The van der Waals surface area contributed by atoms with Crippen molar-refractivity contribution >= 4 is 17.3 Å². The first-order valence-electron chi connectivity index (χ1n) is 7.45. The van der Waals surface area contributed by atoms with Crippen LogP contribution in [0, 0.1) is 27.6 Å². The van der Waals surface area contributed by atoms with Crippen LogP contribution in [-0.4, -0.2) is 16.9 Å². The van der Waals surface area contributed by atoms with Crippen molar-refractivity contribution in [2.45, 2.75) is 18.9 Å². The summed E-state index contributed by atoms with van der Waals surface area (Å²) in [7, 11) is 0. The van der Waals surface area contributed by atoms with Crippen molar-refractivity contribution < 1.29 is 22.9 Å². The molecule has 0 aliphatic rings. The highest BCUT2D eigenvalue weighted by Gasteiger charge is 2.17. The van der Waals surface area contributed by atoms with Crippen LogP contribution in [0.5, 0.6) is 0 Å². The van der Waals surface area contributed by atoms with Crippen LogP contribution in [0.25, 0.3) is 0 Å². The number of benzene rings is 2. The Morgan fingerprint density at radius 3 is 2.50 bits per heavy atom. The maximum Gasteiger partial charge on any atom is 0.294 e. The van der Waals surface area contributed by atoms with Gasteiger partial charge in [-0.15, -0.1) is 0 Å². The molecule has 0 bridgehead atoms. The van der Waals surface area contributed by atoms with Gasteiger partial charge in [0, 0.05) is 24.6 Å². The summed E-state index contributed by atoms with van der Waals surface area (Å²) in [6.07, 6.45) is -0.464. The fourth-order valence-electron chi connectivity index (χ4n) is 2.24. The number of nitrogens with two attached hydrogens (primary N) is 1. The van der Waals surface area contributed by atoms with Crippen LogP contribution in [0.2, 0.25) is 0 Å². The lowest BCUT2D eigenvalue weighted by atomic mass is 10.0. The van der Waals surface area contributed by atoms with Crippen molar-refractivity contribution in [3.8, 4) is 0 Å². The van der Waals surface area contributed by atoms with Gasteiger partial charge in [-0.05, 0) is 24.1 Å². The van der Waals surface area contributed by atoms with E-state index in [-0.39, 0.29) is 29.8 Å². The van der Waals surface area contributed by atoms with Gasteiger partial charge in [-0.2, -0.15) is 0 Å². The van der Waals surface area contributed by atoms with Gasteiger partial charge in [-0.3, -0.25) is 25.8 Å². The molecular weight excluding hydrogens is 353 g/mol. The number of nitro benzene ring substituents is 1. The zero-order valence-electron chi connectivity index (χ0n) is 13.3. The third kappa shape index (κ3) is 4.93. The summed E-state index contributed by atoms with van der Waals surface area (Å²) < 4.78 is 39.6. The van der Waals surface area contributed by atoms with Gasteiger partial charge in [0.15, 0.2) is 11.6 Å². The highest BCUT2D eigenvalue weighted by atomic mass is 19.2. The summed E-state index contributed by atoms with van der Waals surface area (Å²) in [6, 6.07) is 5.89. The summed E-state index contributed by atoms with van der Waals surface area (Å²) in [6.45, 7) is 0. The van der Waals surface area contributed by atoms with Gasteiger partial charge in [0.05, 0.1) is 4.92 Å². The van der Waals surface area contributed by atoms with Crippen molar-refractivity contribution in [3.05, 3.63) is 69.5 Å². The van der Waals surface area contributed by atoms with Gasteiger partial charge in [-0.1, -0.05) is 12.1 Å². The highest BCUT2D eigenvalue weighted by molar-refractivity contribution is 5.78. The largest absolute Gasteiger partial charge is 0.327 e. The molecule has 138 valence electrons. The molecule has 0 heterocycles. The van der Waals surface area contributed by atoms with Crippen LogP contribution in [0.3, 0.4) is 0 Å². The lowest BCUT2D eigenvalue weighted by Gasteiger charge is -2.14. The molecule has 10 heteroatoms. The molecule has 0 spiro atoms. The van der Waals surface area contributed by atoms with Gasteiger partial charge in [0.1, 0.15) is 11.5 Å². The monoisotopic (exact) mass is 368 g/mol. The van der Waals surface area contributed by atoms with Gasteiger partial charge in [-0.25, -0.2) is 13.2 Å². The van der Waals surface area contributed by atoms with Crippen LogP contribution < -0.4 is 16.6 Å². The number of anilines is 1. The number of nitrogens with zero attached hydrogens (tertiary/aromatic N) is 1. The average Bonchev–Trinajstić information content (AvgIpc) is 2.58. The fraction of sp³-hybridized carbons (Fsp3) is 0.188. The molecule has 0 aromatic heterocycles. The minimum Gasteiger partial charge on any atom is -0.327 e. The first-order chi connectivity index (χ1) is 12.3. The summed E-state index contributed by atoms with van der Waals surface area (Å²) in [4.78, 5) is 22.1. The number of rotatable bonds is 7. The highest BCUT2D eigenvalue weighted by Crippen LogP contribution is 2.22. The molecule has 0 fully saturated rings.